The predicted octanol–water partition coefficient (Wildman–Crippen LogP) is 4.88. The molecule has 0 amide bonds. The highest BCUT2D eigenvalue weighted by atomic mass is 35.5. The summed E-state index contributed by atoms with van der Waals surface area (Å²) in [6.07, 6.45) is 0. The van der Waals surface area contributed by atoms with Gasteiger partial charge in [0.2, 0.25) is 5.88 Å². The van der Waals surface area contributed by atoms with E-state index in [1.807, 2.05) is 43.3 Å². The van der Waals surface area contributed by atoms with Gasteiger partial charge in [-0.2, -0.15) is 4.98 Å². The Kier molecular flexibility index (Phi) is 4.19. The summed E-state index contributed by atoms with van der Waals surface area (Å²) in [4.78, 5) is 5.38. The number of benzene rings is 2. The molecule has 4 rings (SSSR count). The van der Waals surface area contributed by atoms with Gasteiger partial charge in [0.15, 0.2) is 11.0 Å². The van der Waals surface area contributed by atoms with Crippen molar-refractivity contribution in [2.45, 2.75) is 18.4 Å². The van der Waals surface area contributed by atoms with Crippen molar-refractivity contribution in [1.82, 2.24) is 4.98 Å². The fraction of sp³-hybridized carbons (Fsp3) is 0.105. The zero-order valence-electron chi connectivity index (χ0n) is 13.5. The molecule has 0 radical (unpaired) electrons. The Bertz CT molecular complexity index is 960. The van der Waals surface area contributed by atoms with Gasteiger partial charge in [-0.05, 0) is 54.4 Å². The summed E-state index contributed by atoms with van der Waals surface area (Å²) in [6.45, 7) is 2.53. The van der Waals surface area contributed by atoms with E-state index in [4.69, 9.17) is 16.3 Å². The second-order valence-corrected chi connectivity index (χ2v) is 7.61. The number of aryl methyl sites for hydroxylation is 1. The molecule has 0 fully saturated rings. The van der Waals surface area contributed by atoms with Gasteiger partial charge in [-0.25, -0.2) is 4.21 Å². The lowest BCUT2D eigenvalue weighted by atomic mass is 10.2. The third-order valence-corrected chi connectivity index (χ3v) is 5.64. The van der Waals surface area contributed by atoms with E-state index in [-0.39, 0.29) is 0 Å². The molecule has 2 aromatic carbocycles. The molecule has 0 N–H and O–H groups in total. The molecule has 2 heterocycles. The number of aromatic nitrogens is 1. The Morgan fingerprint density at radius 1 is 1.12 bits per heavy atom. The molecule has 1 aromatic heterocycles. The SMILES string of the molecule is Cc1cc(Oc2ccc(Cl)cc2)nc(N2Cc3ccccc3S2=O)c1. The van der Waals surface area contributed by atoms with Crippen molar-refractivity contribution in [3.8, 4) is 11.6 Å². The lowest BCUT2D eigenvalue weighted by molar-refractivity contribution is 0.463. The van der Waals surface area contributed by atoms with E-state index in [1.165, 1.54) is 0 Å². The van der Waals surface area contributed by atoms with Crippen molar-refractivity contribution in [2.24, 2.45) is 0 Å². The van der Waals surface area contributed by atoms with Crippen LogP contribution in [0.4, 0.5) is 5.82 Å². The smallest absolute Gasteiger partial charge is 0.221 e. The first-order valence-corrected chi connectivity index (χ1v) is 9.28. The number of pyridine rings is 1. The van der Waals surface area contributed by atoms with E-state index in [2.05, 4.69) is 4.98 Å². The van der Waals surface area contributed by atoms with Gasteiger partial charge >= 0.3 is 0 Å². The number of halogens is 1. The van der Waals surface area contributed by atoms with Crippen LogP contribution >= 0.6 is 11.6 Å². The van der Waals surface area contributed by atoms with Gasteiger partial charge in [-0.3, -0.25) is 4.31 Å². The summed E-state index contributed by atoms with van der Waals surface area (Å²) in [5, 5.41) is 0.649. The lowest BCUT2D eigenvalue weighted by Gasteiger charge is -2.16. The monoisotopic (exact) mass is 370 g/mol. The van der Waals surface area contributed by atoms with Crippen molar-refractivity contribution >= 4 is 28.4 Å². The quantitative estimate of drug-likeness (QED) is 0.660. The van der Waals surface area contributed by atoms with Gasteiger partial charge in [-0.15, -0.1) is 0 Å². The van der Waals surface area contributed by atoms with Crippen LogP contribution in [0.5, 0.6) is 11.6 Å². The van der Waals surface area contributed by atoms with Crippen LogP contribution in [0.1, 0.15) is 11.1 Å². The van der Waals surface area contributed by atoms with Gasteiger partial charge in [0, 0.05) is 11.1 Å². The molecule has 0 saturated heterocycles. The Hall–Kier alpha value is -2.37. The summed E-state index contributed by atoms with van der Waals surface area (Å²) in [6, 6.07) is 18.6. The van der Waals surface area contributed by atoms with Crippen molar-refractivity contribution in [2.75, 3.05) is 4.31 Å². The zero-order chi connectivity index (χ0) is 17.4. The Morgan fingerprint density at radius 2 is 1.88 bits per heavy atom. The predicted molar refractivity (Wildman–Crippen MR) is 99.5 cm³/mol. The first-order chi connectivity index (χ1) is 12.1. The third-order valence-electron chi connectivity index (χ3n) is 3.90. The summed E-state index contributed by atoms with van der Waals surface area (Å²) >= 11 is 5.90. The van der Waals surface area contributed by atoms with E-state index in [1.54, 1.807) is 28.6 Å². The highest BCUT2D eigenvalue weighted by molar-refractivity contribution is 7.86. The van der Waals surface area contributed by atoms with Gasteiger partial charge in [-0.1, -0.05) is 29.8 Å². The molecule has 6 heteroatoms. The summed E-state index contributed by atoms with van der Waals surface area (Å²) < 4.78 is 20.4. The standard InChI is InChI=1S/C19H15ClN2O2S/c1-13-10-18(22-12-14-4-2-3-5-17(14)25(22)23)21-19(11-13)24-16-8-6-15(20)7-9-16/h2-11H,12H2,1H3. The average molecular weight is 371 g/mol. The van der Waals surface area contributed by atoms with E-state index >= 15 is 0 Å². The molecule has 0 bridgehead atoms. The maximum Gasteiger partial charge on any atom is 0.221 e. The van der Waals surface area contributed by atoms with Crippen LogP contribution in [0.15, 0.2) is 65.6 Å². The summed E-state index contributed by atoms with van der Waals surface area (Å²) in [5.74, 6) is 1.75. The third kappa shape index (κ3) is 3.25. The number of rotatable bonds is 3. The van der Waals surface area contributed by atoms with Gasteiger partial charge in [0.25, 0.3) is 0 Å². The molecule has 3 aromatic rings. The van der Waals surface area contributed by atoms with E-state index in [9.17, 15) is 4.21 Å². The molecular weight excluding hydrogens is 356 g/mol. The normalized spacial score (nSPS) is 15.9. The van der Waals surface area contributed by atoms with Crippen LogP contribution in [0.3, 0.4) is 0 Å². The summed E-state index contributed by atoms with van der Waals surface area (Å²) in [5.41, 5.74) is 2.05. The average Bonchev–Trinajstić information content (AvgIpc) is 2.94. The fourth-order valence-electron chi connectivity index (χ4n) is 2.72. The maximum atomic E-state index is 12.8. The first-order valence-electron chi connectivity index (χ1n) is 7.79. The molecule has 1 atom stereocenters. The highest BCUT2D eigenvalue weighted by Crippen LogP contribution is 2.33. The second kappa shape index (κ2) is 6.50. The second-order valence-electron chi connectivity index (χ2n) is 5.79. The topological polar surface area (TPSA) is 42.4 Å². The van der Waals surface area contributed by atoms with Crippen molar-refractivity contribution < 1.29 is 8.95 Å². The first kappa shape index (κ1) is 16.1. The molecule has 1 aliphatic rings. The zero-order valence-corrected chi connectivity index (χ0v) is 15.1. The number of anilines is 1. The van der Waals surface area contributed by atoms with E-state index < -0.39 is 11.0 Å². The number of fused-ring (bicyclic) bond motifs is 1. The highest BCUT2D eigenvalue weighted by Gasteiger charge is 2.28. The molecule has 0 saturated carbocycles. The molecule has 1 unspecified atom stereocenters. The minimum Gasteiger partial charge on any atom is -0.439 e. The largest absolute Gasteiger partial charge is 0.439 e. The molecule has 4 nitrogen and oxygen atoms in total. The lowest BCUT2D eigenvalue weighted by Crippen LogP contribution is -2.19. The molecular formula is C19H15ClN2O2S. The fourth-order valence-corrected chi connectivity index (χ4v) is 4.16. The van der Waals surface area contributed by atoms with Crippen LogP contribution in [0.25, 0.3) is 0 Å². The minimum absolute atomic E-state index is 0.463. The Balaban J connectivity index is 1.64. The Labute approximate surface area is 153 Å². The summed E-state index contributed by atoms with van der Waals surface area (Å²) in [7, 11) is -1.25. The van der Waals surface area contributed by atoms with Crippen molar-refractivity contribution in [3.63, 3.8) is 0 Å². The van der Waals surface area contributed by atoms with Gasteiger partial charge in [0.1, 0.15) is 11.6 Å². The number of hydrogen-bond donors (Lipinski definition) is 0. The van der Waals surface area contributed by atoms with Crippen LogP contribution in [0.2, 0.25) is 5.02 Å². The molecule has 126 valence electrons. The van der Waals surface area contributed by atoms with Gasteiger partial charge in [0.05, 0.1) is 11.4 Å². The molecule has 0 spiro atoms. The number of ether oxygens (including phenoxy) is 1. The number of nitrogens with zero attached hydrogens (tertiary/aromatic N) is 2. The van der Waals surface area contributed by atoms with Gasteiger partial charge < -0.3 is 4.74 Å². The van der Waals surface area contributed by atoms with Crippen LogP contribution in [0, 0.1) is 6.92 Å². The van der Waals surface area contributed by atoms with Crippen molar-refractivity contribution in [3.05, 3.63) is 76.8 Å². The minimum atomic E-state index is -1.25. The molecule has 25 heavy (non-hydrogen) atoms. The molecule has 0 aliphatic carbocycles. The van der Waals surface area contributed by atoms with Crippen LogP contribution in [-0.4, -0.2) is 9.19 Å². The number of hydrogen-bond acceptors (Lipinski definition) is 3. The van der Waals surface area contributed by atoms with E-state index in [0.29, 0.717) is 29.0 Å². The van der Waals surface area contributed by atoms with E-state index in [0.717, 1.165) is 16.0 Å². The Morgan fingerprint density at radius 3 is 2.64 bits per heavy atom. The molecule has 1 aliphatic heterocycles. The van der Waals surface area contributed by atoms with Crippen LogP contribution in [-0.2, 0) is 17.5 Å². The van der Waals surface area contributed by atoms with Crippen LogP contribution < -0.4 is 9.04 Å². The van der Waals surface area contributed by atoms with Crippen molar-refractivity contribution in [1.29, 1.82) is 0 Å². The maximum absolute atomic E-state index is 12.8.